The summed E-state index contributed by atoms with van der Waals surface area (Å²) in [6.07, 6.45) is 1.71. The average Bonchev–Trinajstić information content (AvgIpc) is 2.99. The Balaban J connectivity index is 1.79. The predicted octanol–water partition coefficient (Wildman–Crippen LogP) is 4.07. The standard InChI is InChI=1S/C17H17N3O2S/c1-11-5-4-6-14-16(11)23-17(19-14)20-18-10-12-7-8-13(21-2)9-15(12)22-3/h4-10H,1-3H3,(H,19,20)/b18-10-. The molecule has 0 unspecified atom stereocenters. The lowest BCUT2D eigenvalue weighted by Gasteiger charge is -2.06. The number of rotatable bonds is 5. The van der Waals surface area contributed by atoms with Gasteiger partial charge in [0.2, 0.25) is 5.13 Å². The van der Waals surface area contributed by atoms with Crippen LogP contribution in [0.4, 0.5) is 5.13 Å². The van der Waals surface area contributed by atoms with Crippen LogP contribution in [0, 0.1) is 6.92 Å². The molecule has 0 atom stereocenters. The molecule has 0 aliphatic rings. The Kier molecular flexibility index (Phi) is 4.43. The summed E-state index contributed by atoms with van der Waals surface area (Å²) in [4.78, 5) is 4.52. The van der Waals surface area contributed by atoms with E-state index < -0.39 is 0 Å². The second-order valence-electron chi connectivity index (χ2n) is 4.92. The molecule has 0 amide bonds. The number of benzene rings is 2. The van der Waals surface area contributed by atoms with Gasteiger partial charge in [-0.25, -0.2) is 4.98 Å². The molecule has 0 aliphatic heterocycles. The van der Waals surface area contributed by atoms with Gasteiger partial charge in [-0.15, -0.1) is 0 Å². The Morgan fingerprint density at radius 3 is 2.78 bits per heavy atom. The minimum absolute atomic E-state index is 0.704. The van der Waals surface area contributed by atoms with Crippen LogP contribution < -0.4 is 14.9 Å². The zero-order valence-corrected chi connectivity index (χ0v) is 14.0. The third kappa shape index (κ3) is 3.27. The quantitative estimate of drug-likeness (QED) is 0.567. The number of fused-ring (bicyclic) bond motifs is 1. The van der Waals surface area contributed by atoms with Crippen LogP contribution in [0.1, 0.15) is 11.1 Å². The molecule has 3 rings (SSSR count). The van der Waals surface area contributed by atoms with Crippen molar-refractivity contribution < 1.29 is 9.47 Å². The van der Waals surface area contributed by atoms with Gasteiger partial charge >= 0.3 is 0 Å². The predicted molar refractivity (Wildman–Crippen MR) is 95.1 cm³/mol. The first-order chi connectivity index (χ1) is 11.2. The molecule has 6 heteroatoms. The van der Waals surface area contributed by atoms with Gasteiger partial charge in [0.05, 0.1) is 30.7 Å². The van der Waals surface area contributed by atoms with Gasteiger partial charge in [0.15, 0.2) is 0 Å². The van der Waals surface area contributed by atoms with Gasteiger partial charge in [0.25, 0.3) is 0 Å². The zero-order valence-electron chi connectivity index (χ0n) is 13.2. The van der Waals surface area contributed by atoms with Crippen LogP contribution in [-0.2, 0) is 0 Å². The summed E-state index contributed by atoms with van der Waals surface area (Å²) in [5.74, 6) is 1.45. The molecule has 0 bridgehead atoms. The molecule has 1 aromatic heterocycles. The summed E-state index contributed by atoms with van der Waals surface area (Å²) in [6, 6.07) is 11.7. The second-order valence-corrected chi connectivity index (χ2v) is 5.92. The maximum absolute atomic E-state index is 5.34. The molecule has 0 saturated carbocycles. The Hall–Kier alpha value is -2.60. The Morgan fingerprint density at radius 1 is 1.17 bits per heavy atom. The van der Waals surface area contributed by atoms with Crippen LogP contribution in [0.25, 0.3) is 10.2 Å². The highest BCUT2D eigenvalue weighted by molar-refractivity contribution is 7.22. The summed E-state index contributed by atoms with van der Waals surface area (Å²) in [6.45, 7) is 2.08. The van der Waals surface area contributed by atoms with Crippen molar-refractivity contribution in [3.05, 3.63) is 47.5 Å². The molecule has 0 saturated heterocycles. The fourth-order valence-corrected chi connectivity index (χ4v) is 3.10. The third-order valence-electron chi connectivity index (χ3n) is 3.42. The van der Waals surface area contributed by atoms with Gasteiger partial charge in [-0.3, -0.25) is 5.43 Å². The Morgan fingerprint density at radius 2 is 2.04 bits per heavy atom. The first kappa shape index (κ1) is 15.3. The molecule has 2 aromatic carbocycles. The summed E-state index contributed by atoms with van der Waals surface area (Å²) in [7, 11) is 3.25. The fraction of sp³-hybridized carbons (Fsp3) is 0.176. The van der Waals surface area contributed by atoms with Crippen molar-refractivity contribution in [3.63, 3.8) is 0 Å². The summed E-state index contributed by atoms with van der Waals surface area (Å²) in [5.41, 5.74) is 6.04. The van der Waals surface area contributed by atoms with E-state index in [0.717, 1.165) is 22.0 Å². The van der Waals surface area contributed by atoms with E-state index in [2.05, 4.69) is 28.5 Å². The van der Waals surface area contributed by atoms with Crippen molar-refractivity contribution in [1.82, 2.24) is 4.98 Å². The van der Waals surface area contributed by atoms with Crippen LogP contribution in [0.2, 0.25) is 0 Å². The lowest BCUT2D eigenvalue weighted by Crippen LogP contribution is -1.94. The molecule has 1 heterocycles. The van der Waals surface area contributed by atoms with Crippen LogP contribution in [0.5, 0.6) is 11.5 Å². The SMILES string of the molecule is COc1ccc(/C=N\Nc2nc3cccc(C)c3s2)c(OC)c1. The molecule has 0 spiro atoms. The molecule has 5 nitrogen and oxygen atoms in total. The Bertz CT molecular complexity index is 858. The molecule has 3 aromatic rings. The minimum Gasteiger partial charge on any atom is -0.497 e. The van der Waals surface area contributed by atoms with Gasteiger partial charge in [0.1, 0.15) is 11.5 Å². The lowest BCUT2D eigenvalue weighted by atomic mass is 10.2. The maximum Gasteiger partial charge on any atom is 0.204 e. The number of methoxy groups -OCH3 is 2. The number of hydrogen-bond donors (Lipinski definition) is 1. The van der Waals surface area contributed by atoms with Crippen LogP contribution in [0.15, 0.2) is 41.5 Å². The largest absolute Gasteiger partial charge is 0.497 e. The molecule has 23 heavy (non-hydrogen) atoms. The third-order valence-corrected chi connectivity index (χ3v) is 4.53. The monoisotopic (exact) mass is 327 g/mol. The molecule has 118 valence electrons. The van der Waals surface area contributed by atoms with E-state index in [9.17, 15) is 0 Å². The number of ether oxygens (including phenoxy) is 2. The number of aryl methyl sites for hydroxylation is 1. The van der Waals surface area contributed by atoms with Crippen LogP contribution in [0.3, 0.4) is 0 Å². The highest BCUT2D eigenvalue weighted by atomic mass is 32.1. The lowest BCUT2D eigenvalue weighted by molar-refractivity contribution is 0.394. The second kappa shape index (κ2) is 6.66. The number of nitrogens with one attached hydrogen (secondary N) is 1. The number of nitrogens with zero attached hydrogens (tertiary/aromatic N) is 2. The van der Waals surface area contributed by atoms with Crippen molar-refractivity contribution in [2.24, 2.45) is 5.10 Å². The molecular formula is C17H17N3O2S. The number of thiazole rings is 1. The van der Waals surface area contributed by atoms with Crippen molar-refractivity contribution in [3.8, 4) is 11.5 Å². The molecule has 0 fully saturated rings. The van der Waals surface area contributed by atoms with Gasteiger partial charge < -0.3 is 9.47 Å². The van der Waals surface area contributed by atoms with Gasteiger partial charge in [0, 0.05) is 11.6 Å². The van der Waals surface area contributed by atoms with Crippen molar-refractivity contribution in [2.45, 2.75) is 6.92 Å². The fourth-order valence-electron chi connectivity index (χ4n) is 2.22. The first-order valence-corrected chi connectivity index (χ1v) is 7.90. The van der Waals surface area contributed by atoms with Crippen LogP contribution >= 0.6 is 11.3 Å². The van der Waals surface area contributed by atoms with E-state index in [4.69, 9.17) is 9.47 Å². The number of hydrazone groups is 1. The molecule has 0 aliphatic carbocycles. The smallest absolute Gasteiger partial charge is 0.204 e. The molecule has 1 N–H and O–H groups in total. The van der Waals surface area contributed by atoms with E-state index in [1.54, 1.807) is 31.8 Å². The van der Waals surface area contributed by atoms with E-state index in [1.807, 2.05) is 30.3 Å². The van der Waals surface area contributed by atoms with E-state index in [0.29, 0.717) is 5.75 Å². The van der Waals surface area contributed by atoms with Gasteiger partial charge in [-0.2, -0.15) is 5.10 Å². The van der Waals surface area contributed by atoms with E-state index >= 15 is 0 Å². The topological polar surface area (TPSA) is 55.7 Å². The van der Waals surface area contributed by atoms with E-state index in [-0.39, 0.29) is 0 Å². The number of anilines is 1. The van der Waals surface area contributed by atoms with Crippen molar-refractivity contribution in [1.29, 1.82) is 0 Å². The minimum atomic E-state index is 0.704. The highest BCUT2D eigenvalue weighted by Crippen LogP contribution is 2.28. The zero-order chi connectivity index (χ0) is 16.2. The summed E-state index contributed by atoms with van der Waals surface area (Å²) < 4.78 is 11.7. The highest BCUT2D eigenvalue weighted by Gasteiger charge is 2.05. The van der Waals surface area contributed by atoms with Gasteiger partial charge in [-0.1, -0.05) is 23.5 Å². The van der Waals surface area contributed by atoms with Gasteiger partial charge in [-0.05, 0) is 30.7 Å². The average molecular weight is 327 g/mol. The van der Waals surface area contributed by atoms with Crippen LogP contribution in [-0.4, -0.2) is 25.4 Å². The number of hydrogen-bond acceptors (Lipinski definition) is 6. The summed E-state index contributed by atoms with van der Waals surface area (Å²) in [5, 5.41) is 5.02. The molecular weight excluding hydrogens is 310 g/mol. The maximum atomic E-state index is 5.34. The summed E-state index contributed by atoms with van der Waals surface area (Å²) >= 11 is 1.59. The number of aromatic nitrogens is 1. The Labute approximate surface area is 138 Å². The van der Waals surface area contributed by atoms with Crippen molar-refractivity contribution >= 4 is 32.9 Å². The van der Waals surface area contributed by atoms with Crippen molar-refractivity contribution in [2.75, 3.05) is 19.6 Å². The van der Waals surface area contributed by atoms with E-state index in [1.165, 1.54) is 10.3 Å². The normalized spacial score (nSPS) is 11.1. The molecule has 0 radical (unpaired) electrons. The first-order valence-electron chi connectivity index (χ1n) is 7.08.